The number of pyridine rings is 1. The van der Waals surface area contributed by atoms with Crippen LogP contribution >= 0.6 is 39.1 Å². The highest BCUT2D eigenvalue weighted by atomic mass is 79.9. The molecule has 1 N–H and O–H groups in total. The third-order valence-corrected chi connectivity index (χ3v) is 3.29. The Kier molecular flexibility index (Phi) is 2.56. The number of halogens is 3. The van der Waals surface area contributed by atoms with Crippen molar-refractivity contribution in [3.63, 3.8) is 0 Å². The van der Waals surface area contributed by atoms with Crippen LogP contribution in [0.4, 0.5) is 0 Å². The van der Waals surface area contributed by atoms with Gasteiger partial charge in [0, 0.05) is 11.6 Å². The van der Waals surface area contributed by atoms with Crippen LogP contribution in [0.1, 0.15) is 0 Å². The highest BCUT2D eigenvalue weighted by Crippen LogP contribution is 2.28. The van der Waals surface area contributed by atoms with Crippen LogP contribution in [0.3, 0.4) is 0 Å². The van der Waals surface area contributed by atoms with Crippen molar-refractivity contribution in [3.8, 4) is 0 Å². The Balaban J connectivity index is 3.02. The molecule has 1 heterocycles. The van der Waals surface area contributed by atoms with Crippen molar-refractivity contribution < 1.29 is 0 Å². The van der Waals surface area contributed by atoms with Crippen LogP contribution in [0.2, 0.25) is 10.0 Å². The first-order chi connectivity index (χ1) is 6.61. The lowest BCUT2D eigenvalue weighted by molar-refractivity contribution is 1.36. The molecular formula is C9H4BrCl2NO. The molecule has 5 heteroatoms. The zero-order valence-electron chi connectivity index (χ0n) is 6.77. The molecular weight excluding hydrogens is 289 g/mol. The number of aromatic amines is 1. The van der Waals surface area contributed by atoms with Gasteiger partial charge in [-0.15, -0.1) is 0 Å². The van der Waals surface area contributed by atoms with Crippen molar-refractivity contribution in [3.05, 3.63) is 43.1 Å². The molecule has 2 nitrogen and oxygen atoms in total. The zero-order chi connectivity index (χ0) is 10.3. The molecule has 0 spiro atoms. The third-order valence-electron chi connectivity index (χ3n) is 1.90. The maximum atomic E-state index is 11.6. The largest absolute Gasteiger partial charge is 0.359 e. The van der Waals surface area contributed by atoms with Crippen molar-refractivity contribution in [1.29, 1.82) is 0 Å². The van der Waals surface area contributed by atoms with E-state index in [2.05, 4.69) is 20.9 Å². The maximum absolute atomic E-state index is 11.6. The summed E-state index contributed by atoms with van der Waals surface area (Å²) in [5.74, 6) is 0. The minimum Gasteiger partial charge on any atom is -0.359 e. The fourth-order valence-electron chi connectivity index (χ4n) is 1.21. The Labute approximate surface area is 98.0 Å². The quantitative estimate of drug-likeness (QED) is 0.791. The molecule has 0 radical (unpaired) electrons. The smallest absolute Gasteiger partial charge is 0.203 e. The summed E-state index contributed by atoms with van der Waals surface area (Å²) in [6.45, 7) is 0. The van der Waals surface area contributed by atoms with E-state index in [4.69, 9.17) is 23.2 Å². The van der Waals surface area contributed by atoms with E-state index in [-0.39, 0.29) is 5.43 Å². The second-order valence-electron chi connectivity index (χ2n) is 2.75. The second-order valence-corrected chi connectivity index (χ2v) is 4.39. The van der Waals surface area contributed by atoms with Gasteiger partial charge in [0.25, 0.3) is 0 Å². The van der Waals surface area contributed by atoms with E-state index in [0.717, 1.165) is 0 Å². The normalized spacial score (nSPS) is 10.8. The molecule has 0 atom stereocenters. The van der Waals surface area contributed by atoms with Gasteiger partial charge in [-0.2, -0.15) is 0 Å². The first-order valence-electron chi connectivity index (χ1n) is 3.76. The van der Waals surface area contributed by atoms with E-state index >= 15 is 0 Å². The summed E-state index contributed by atoms with van der Waals surface area (Å²) in [5, 5.41) is 1.32. The predicted molar refractivity (Wildman–Crippen MR) is 62.3 cm³/mol. The van der Waals surface area contributed by atoms with Crippen LogP contribution in [0.5, 0.6) is 0 Å². The van der Waals surface area contributed by atoms with Gasteiger partial charge in [0.2, 0.25) is 5.43 Å². The summed E-state index contributed by atoms with van der Waals surface area (Å²) in [6, 6.07) is 3.25. The fraction of sp³-hybridized carbons (Fsp3) is 0. The number of hydrogen-bond acceptors (Lipinski definition) is 1. The summed E-state index contributed by atoms with van der Waals surface area (Å²) in [5.41, 5.74) is 0.463. The molecule has 0 amide bonds. The monoisotopic (exact) mass is 291 g/mol. The van der Waals surface area contributed by atoms with Gasteiger partial charge >= 0.3 is 0 Å². The van der Waals surface area contributed by atoms with Gasteiger partial charge in [0.05, 0.1) is 20.0 Å². The summed E-state index contributed by atoms with van der Waals surface area (Å²) >= 11 is 14.9. The zero-order valence-corrected chi connectivity index (χ0v) is 9.87. The molecule has 1 aromatic carbocycles. The van der Waals surface area contributed by atoms with Crippen LogP contribution in [0.25, 0.3) is 10.9 Å². The molecule has 0 bridgehead atoms. The van der Waals surface area contributed by atoms with Gasteiger partial charge < -0.3 is 4.98 Å². The summed E-state index contributed by atoms with van der Waals surface area (Å²) < 4.78 is 0.475. The van der Waals surface area contributed by atoms with Crippen LogP contribution < -0.4 is 5.43 Å². The van der Waals surface area contributed by atoms with E-state index in [9.17, 15) is 4.79 Å². The predicted octanol–water partition coefficient (Wildman–Crippen LogP) is 3.60. The van der Waals surface area contributed by atoms with Crippen LogP contribution in [0.15, 0.2) is 27.6 Å². The van der Waals surface area contributed by atoms with E-state index in [0.29, 0.717) is 25.4 Å². The van der Waals surface area contributed by atoms with Gasteiger partial charge in [0.1, 0.15) is 0 Å². The first kappa shape index (κ1) is 10.0. The van der Waals surface area contributed by atoms with E-state index in [1.807, 2.05) is 0 Å². The average molecular weight is 293 g/mol. The highest BCUT2D eigenvalue weighted by Gasteiger charge is 2.08. The molecule has 14 heavy (non-hydrogen) atoms. The Hall–Kier alpha value is -0.510. The van der Waals surface area contributed by atoms with Crippen molar-refractivity contribution in [2.45, 2.75) is 0 Å². The number of nitrogens with one attached hydrogen (secondary N) is 1. The van der Waals surface area contributed by atoms with Gasteiger partial charge in [-0.05, 0) is 28.1 Å². The van der Waals surface area contributed by atoms with Crippen molar-refractivity contribution in [2.75, 3.05) is 0 Å². The Morgan fingerprint density at radius 1 is 1.29 bits per heavy atom. The molecule has 0 saturated carbocycles. The summed E-state index contributed by atoms with van der Waals surface area (Å²) in [6.07, 6.45) is 1.55. The molecule has 2 aromatic rings. The lowest BCUT2D eigenvalue weighted by Gasteiger charge is -2.02. The third kappa shape index (κ3) is 1.45. The average Bonchev–Trinajstić information content (AvgIpc) is 2.17. The number of aromatic nitrogens is 1. The molecule has 0 aliphatic rings. The molecule has 72 valence electrons. The minimum atomic E-state index is -0.0997. The van der Waals surface area contributed by atoms with Crippen molar-refractivity contribution in [1.82, 2.24) is 4.98 Å². The lowest BCUT2D eigenvalue weighted by Crippen LogP contribution is -2.03. The summed E-state index contributed by atoms with van der Waals surface area (Å²) in [4.78, 5) is 14.5. The van der Waals surface area contributed by atoms with E-state index in [1.54, 1.807) is 18.3 Å². The molecule has 0 saturated heterocycles. The topological polar surface area (TPSA) is 32.9 Å². The SMILES string of the molecule is O=c1c(Br)c[nH]c2c(Cl)c(Cl)ccc12. The lowest BCUT2D eigenvalue weighted by atomic mass is 10.2. The molecule has 1 aromatic heterocycles. The first-order valence-corrected chi connectivity index (χ1v) is 5.31. The maximum Gasteiger partial charge on any atom is 0.203 e. The van der Waals surface area contributed by atoms with Gasteiger partial charge in [-0.3, -0.25) is 4.79 Å². The van der Waals surface area contributed by atoms with Gasteiger partial charge in [-0.25, -0.2) is 0 Å². The standard InChI is InChI=1S/C9H4BrCl2NO/c10-5-3-13-8-4(9(5)14)1-2-6(11)7(8)12/h1-3H,(H,13,14). The Bertz CT molecular complexity index is 564. The fourth-order valence-corrected chi connectivity index (χ4v) is 1.92. The molecule has 0 unspecified atom stereocenters. The van der Waals surface area contributed by atoms with E-state index < -0.39 is 0 Å². The number of fused-ring (bicyclic) bond motifs is 1. The molecule has 2 rings (SSSR count). The number of H-pyrrole nitrogens is 1. The summed E-state index contributed by atoms with van der Waals surface area (Å²) in [7, 11) is 0. The van der Waals surface area contributed by atoms with Crippen LogP contribution in [-0.4, -0.2) is 4.98 Å². The second kappa shape index (κ2) is 3.57. The highest BCUT2D eigenvalue weighted by molar-refractivity contribution is 9.10. The van der Waals surface area contributed by atoms with E-state index in [1.165, 1.54) is 0 Å². The molecule has 0 aliphatic heterocycles. The number of rotatable bonds is 0. The van der Waals surface area contributed by atoms with Crippen molar-refractivity contribution >= 4 is 50.0 Å². The number of hydrogen-bond donors (Lipinski definition) is 1. The molecule has 0 aliphatic carbocycles. The van der Waals surface area contributed by atoms with Gasteiger partial charge in [-0.1, -0.05) is 23.2 Å². The van der Waals surface area contributed by atoms with Gasteiger partial charge in [0.15, 0.2) is 0 Å². The van der Waals surface area contributed by atoms with Crippen molar-refractivity contribution in [2.24, 2.45) is 0 Å². The Morgan fingerprint density at radius 3 is 2.71 bits per heavy atom. The number of benzene rings is 1. The van der Waals surface area contributed by atoms with Crippen LogP contribution in [0, 0.1) is 0 Å². The Morgan fingerprint density at radius 2 is 2.00 bits per heavy atom. The minimum absolute atomic E-state index is 0.0997. The molecule has 0 fully saturated rings. The van der Waals surface area contributed by atoms with Crippen LogP contribution in [-0.2, 0) is 0 Å².